The number of halogens is 2. The van der Waals surface area contributed by atoms with E-state index in [1.54, 1.807) is 36.1 Å². The molecular formula is C38H41F2N5O4S2. The summed E-state index contributed by atoms with van der Waals surface area (Å²) >= 11 is 1.03. The van der Waals surface area contributed by atoms with Crippen molar-refractivity contribution in [3.63, 3.8) is 0 Å². The molecule has 0 radical (unpaired) electrons. The van der Waals surface area contributed by atoms with Crippen LogP contribution >= 0.6 is 11.8 Å². The highest BCUT2D eigenvalue weighted by atomic mass is 32.2. The number of carbonyl (C=O) groups is 1. The second-order valence-corrected chi connectivity index (χ2v) is 18.5. The number of hydrogen-bond donors (Lipinski definition) is 2. The number of carboxylic acid groups (broad SMARTS) is 1. The quantitative estimate of drug-likeness (QED) is 0.193. The Hall–Kier alpha value is -4.10. The predicted molar refractivity (Wildman–Crippen MR) is 192 cm³/mol. The molecule has 7 rings (SSSR count). The number of pyridine rings is 1. The van der Waals surface area contributed by atoms with Gasteiger partial charge in [-0.3, -0.25) is 9.78 Å². The molecule has 1 atom stereocenters. The Kier molecular flexibility index (Phi) is 8.89. The fourth-order valence-electron chi connectivity index (χ4n) is 7.51. The first kappa shape index (κ1) is 35.3. The topological polar surface area (TPSA) is 131 Å². The van der Waals surface area contributed by atoms with Crippen LogP contribution in [0.1, 0.15) is 75.4 Å². The zero-order valence-electron chi connectivity index (χ0n) is 29.1. The van der Waals surface area contributed by atoms with Crippen LogP contribution in [-0.2, 0) is 39.9 Å². The van der Waals surface area contributed by atoms with Gasteiger partial charge in [-0.15, -0.1) is 0 Å². The number of benzene rings is 2. The first-order valence-electron chi connectivity index (χ1n) is 17.2. The van der Waals surface area contributed by atoms with Crippen LogP contribution in [0.25, 0.3) is 22.4 Å². The van der Waals surface area contributed by atoms with E-state index in [-0.39, 0.29) is 28.3 Å². The third kappa shape index (κ3) is 6.82. The number of rotatable bonds is 4. The molecule has 0 amide bonds. The number of nitrogens with zero attached hydrogens (tertiary/aromatic N) is 4. The van der Waals surface area contributed by atoms with Crippen molar-refractivity contribution < 1.29 is 27.1 Å². The monoisotopic (exact) mass is 733 g/mol. The molecule has 2 N–H and O–H groups in total. The average molecular weight is 734 g/mol. The van der Waals surface area contributed by atoms with Gasteiger partial charge >= 0.3 is 5.97 Å². The minimum atomic E-state index is -3.61. The minimum absolute atomic E-state index is 0.0104. The van der Waals surface area contributed by atoms with Crippen LogP contribution in [0.3, 0.4) is 0 Å². The standard InChI is InChI=1S/C38H41F2N5O4S2/c1-36(2)12-6-13-37(3,24-8-5-7-23(19-24)21-38(14-15-38)35(46)47)34-43-33(45(4)44-34)28-20-25(9-16-41-28)50-32-27(11-18-51(48,49)22-36)26-10-17-42-31(26)29(39)30(32)40/h5,7-10,16-17,19-20,42H,6,11-15,18,21-22H2,1-4H3,(H,46,47)/t37-/m1/s1. The van der Waals surface area contributed by atoms with Crippen LogP contribution in [0.4, 0.5) is 8.78 Å². The van der Waals surface area contributed by atoms with Gasteiger partial charge in [-0.2, -0.15) is 5.10 Å². The van der Waals surface area contributed by atoms with E-state index in [2.05, 4.69) is 23.0 Å². The predicted octanol–water partition coefficient (Wildman–Crippen LogP) is 7.67. The molecule has 13 heteroatoms. The molecule has 9 nitrogen and oxygen atoms in total. The van der Waals surface area contributed by atoms with Crippen molar-refractivity contribution in [3.05, 3.63) is 89.0 Å². The highest BCUT2D eigenvalue weighted by Gasteiger charge is 2.50. The highest BCUT2D eigenvalue weighted by molar-refractivity contribution is 7.99. The van der Waals surface area contributed by atoms with Gasteiger partial charge in [0.25, 0.3) is 0 Å². The number of nitrogens with one attached hydrogen (secondary N) is 1. The van der Waals surface area contributed by atoms with Gasteiger partial charge < -0.3 is 10.1 Å². The molecule has 4 heterocycles. The van der Waals surface area contributed by atoms with E-state index in [1.165, 1.54) is 6.20 Å². The van der Waals surface area contributed by atoms with Crippen LogP contribution in [0.15, 0.2) is 64.6 Å². The molecule has 1 saturated carbocycles. The number of carboxylic acids is 1. The van der Waals surface area contributed by atoms with E-state index in [4.69, 9.17) is 10.1 Å². The maximum atomic E-state index is 15.8. The second-order valence-electron chi connectivity index (χ2n) is 15.2. The van der Waals surface area contributed by atoms with Gasteiger partial charge in [0.2, 0.25) is 0 Å². The lowest BCUT2D eigenvalue weighted by Gasteiger charge is -2.31. The van der Waals surface area contributed by atoms with Crippen LogP contribution < -0.4 is 0 Å². The molecule has 2 aliphatic rings. The summed E-state index contributed by atoms with van der Waals surface area (Å²) in [6.45, 7) is 5.97. The summed E-state index contributed by atoms with van der Waals surface area (Å²) in [4.78, 5) is 25.0. The van der Waals surface area contributed by atoms with Gasteiger partial charge in [0.1, 0.15) is 5.69 Å². The Morgan fingerprint density at radius 3 is 2.59 bits per heavy atom. The van der Waals surface area contributed by atoms with Gasteiger partial charge in [0, 0.05) is 29.7 Å². The van der Waals surface area contributed by atoms with E-state index in [1.807, 2.05) is 32.0 Å². The highest BCUT2D eigenvalue weighted by Crippen LogP contribution is 2.49. The lowest BCUT2D eigenvalue weighted by Crippen LogP contribution is -2.29. The zero-order valence-corrected chi connectivity index (χ0v) is 30.7. The maximum Gasteiger partial charge on any atom is 0.309 e. The summed E-state index contributed by atoms with van der Waals surface area (Å²) in [7, 11) is -1.82. The normalized spacial score (nSPS) is 21.4. The van der Waals surface area contributed by atoms with E-state index in [9.17, 15) is 18.3 Å². The number of H-pyrrole nitrogens is 1. The molecule has 5 aromatic rings. The molecule has 0 saturated heterocycles. The van der Waals surface area contributed by atoms with Crippen LogP contribution in [0.2, 0.25) is 0 Å². The van der Waals surface area contributed by atoms with Gasteiger partial charge in [-0.1, -0.05) is 56.3 Å². The van der Waals surface area contributed by atoms with Crippen molar-refractivity contribution in [1.82, 2.24) is 24.7 Å². The number of sulfone groups is 1. The zero-order chi connectivity index (χ0) is 36.3. The Morgan fingerprint density at radius 2 is 1.84 bits per heavy atom. The number of aliphatic carboxylic acids is 1. The average Bonchev–Trinajstić information content (AvgIpc) is 3.49. The molecule has 1 aliphatic carbocycles. The molecule has 1 aliphatic heterocycles. The van der Waals surface area contributed by atoms with Crippen LogP contribution in [-0.4, -0.2) is 55.7 Å². The smallest absolute Gasteiger partial charge is 0.309 e. The molecule has 2 aromatic carbocycles. The van der Waals surface area contributed by atoms with Crippen LogP contribution in [0, 0.1) is 22.5 Å². The van der Waals surface area contributed by atoms with E-state index in [0.717, 1.165) is 22.9 Å². The van der Waals surface area contributed by atoms with Gasteiger partial charge in [-0.05, 0) is 85.8 Å². The molecule has 0 unspecified atom stereocenters. The Morgan fingerprint density at radius 1 is 1.06 bits per heavy atom. The van der Waals surface area contributed by atoms with Crippen molar-refractivity contribution in [2.45, 2.75) is 80.9 Å². The number of aryl methyl sites for hydroxylation is 2. The van der Waals surface area contributed by atoms with Gasteiger partial charge in [0.05, 0.1) is 32.7 Å². The first-order valence-corrected chi connectivity index (χ1v) is 19.8. The number of hydrogen-bond acceptors (Lipinski definition) is 7. The van der Waals surface area contributed by atoms with Crippen molar-refractivity contribution in [2.75, 3.05) is 11.5 Å². The molecule has 51 heavy (non-hydrogen) atoms. The summed E-state index contributed by atoms with van der Waals surface area (Å²) in [6.07, 6.45) is 6.75. The lowest BCUT2D eigenvalue weighted by molar-refractivity contribution is -0.143. The lowest BCUT2D eigenvalue weighted by atomic mass is 9.75. The molecular weight excluding hydrogens is 693 g/mol. The molecule has 0 spiro atoms. The van der Waals surface area contributed by atoms with Crippen LogP contribution in [0.5, 0.6) is 0 Å². The Labute approximate surface area is 300 Å². The van der Waals surface area contributed by atoms with E-state index in [0.29, 0.717) is 71.7 Å². The fourth-order valence-corrected chi connectivity index (χ4v) is 10.6. The Bertz CT molecular complexity index is 2280. The molecule has 1 fully saturated rings. The van der Waals surface area contributed by atoms with E-state index >= 15 is 8.78 Å². The Balaban J connectivity index is 1.34. The summed E-state index contributed by atoms with van der Waals surface area (Å²) in [5.74, 6) is -2.05. The molecule has 3 aromatic heterocycles. The van der Waals surface area contributed by atoms with Gasteiger partial charge in [0.15, 0.2) is 33.1 Å². The van der Waals surface area contributed by atoms with Crippen molar-refractivity contribution in [1.29, 1.82) is 0 Å². The molecule has 268 valence electrons. The largest absolute Gasteiger partial charge is 0.481 e. The van der Waals surface area contributed by atoms with Crippen molar-refractivity contribution >= 4 is 38.5 Å². The van der Waals surface area contributed by atoms with Crippen molar-refractivity contribution in [2.24, 2.45) is 17.9 Å². The van der Waals surface area contributed by atoms with E-state index < -0.39 is 43.7 Å². The number of aromatic amines is 1. The summed E-state index contributed by atoms with van der Waals surface area (Å²) in [5.41, 5.74) is 0.808. The molecule has 4 bridgehead atoms. The fraction of sp³-hybridized carbons (Fsp3) is 0.421. The maximum absolute atomic E-state index is 15.8. The third-order valence-electron chi connectivity index (χ3n) is 10.6. The SMILES string of the molecule is Cn1nc2nc1-c1cc(ccn1)Sc1c(F)c(F)c3[nH]ccc3c1CCS(=O)(=O)CC(C)(C)CCC[C@]2(C)c1cccc(CC2(C(=O)O)CC2)c1. The summed E-state index contributed by atoms with van der Waals surface area (Å²) in [5, 5.41) is 15.2. The number of fused-ring (bicyclic) bond motifs is 8. The number of aromatic nitrogens is 5. The third-order valence-corrected chi connectivity index (χ3v) is 13.8. The van der Waals surface area contributed by atoms with Gasteiger partial charge in [-0.25, -0.2) is 26.9 Å². The first-order chi connectivity index (χ1) is 24.1. The summed E-state index contributed by atoms with van der Waals surface area (Å²) in [6, 6.07) is 13.1. The second kappa shape index (κ2) is 12.8. The van der Waals surface area contributed by atoms with Crippen molar-refractivity contribution in [3.8, 4) is 11.5 Å². The summed E-state index contributed by atoms with van der Waals surface area (Å²) < 4.78 is 60.2. The minimum Gasteiger partial charge on any atom is -0.481 e.